The second kappa shape index (κ2) is 4.57. The van der Waals surface area contributed by atoms with E-state index >= 15 is 0 Å². The van der Waals surface area contributed by atoms with Gasteiger partial charge in [-0.15, -0.1) is 0 Å². The summed E-state index contributed by atoms with van der Waals surface area (Å²) in [6.45, 7) is 0.758. The minimum Gasteiger partial charge on any atom is -0.257 e. The molecule has 0 aliphatic rings. The van der Waals surface area contributed by atoms with E-state index in [1.165, 1.54) is 10.9 Å². The van der Waals surface area contributed by atoms with Crippen molar-refractivity contribution in [2.45, 2.75) is 19.4 Å². The predicted molar refractivity (Wildman–Crippen MR) is 62.8 cm³/mol. The zero-order valence-electron chi connectivity index (χ0n) is 9.77. The molecule has 0 atom stereocenters. The standard InChI is InChI=1S/C13H11F2N3/c1-13(14,15)12-11(9-18(17-12)8-7-16)10-5-3-2-4-6-10/h2-6,9H,8H2,1H3. The van der Waals surface area contributed by atoms with Crippen LogP contribution in [0, 0.1) is 11.3 Å². The molecule has 0 saturated heterocycles. The molecule has 1 aromatic heterocycles. The van der Waals surface area contributed by atoms with Crippen molar-refractivity contribution in [3.63, 3.8) is 0 Å². The van der Waals surface area contributed by atoms with E-state index in [1.54, 1.807) is 24.3 Å². The van der Waals surface area contributed by atoms with Crippen LogP contribution < -0.4 is 0 Å². The molecule has 0 spiro atoms. The van der Waals surface area contributed by atoms with E-state index in [1.807, 2.05) is 12.1 Å². The second-order valence-corrected chi connectivity index (χ2v) is 4.00. The summed E-state index contributed by atoms with van der Waals surface area (Å²) in [7, 11) is 0. The molecule has 2 rings (SSSR count). The van der Waals surface area contributed by atoms with Crippen molar-refractivity contribution in [3.05, 3.63) is 42.2 Å². The number of hydrogen-bond donors (Lipinski definition) is 0. The molecule has 2 aromatic rings. The van der Waals surface area contributed by atoms with Crippen LogP contribution in [0.4, 0.5) is 8.78 Å². The van der Waals surface area contributed by atoms with Gasteiger partial charge in [0.15, 0.2) is 0 Å². The van der Waals surface area contributed by atoms with E-state index in [9.17, 15) is 8.78 Å². The Bertz CT molecular complexity index is 577. The maximum atomic E-state index is 13.5. The summed E-state index contributed by atoms with van der Waals surface area (Å²) in [5, 5.41) is 12.4. The Labute approximate surface area is 103 Å². The first-order valence-electron chi connectivity index (χ1n) is 5.40. The summed E-state index contributed by atoms with van der Waals surface area (Å²) < 4.78 is 28.2. The second-order valence-electron chi connectivity index (χ2n) is 4.00. The number of aromatic nitrogens is 2. The molecule has 18 heavy (non-hydrogen) atoms. The minimum atomic E-state index is -3.04. The summed E-state index contributed by atoms with van der Waals surface area (Å²) in [5.74, 6) is -3.04. The highest BCUT2D eigenvalue weighted by Crippen LogP contribution is 2.34. The van der Waals surface area contributed by atoms with Crippen molar-refractivity contribution in [2.24, 2.45) is 0 Å². The van der Waals surface area contributed by atoms with E-state index in [2.05, 4.69) is 5.10 Å². The molecule has 0 N–H and O–H groups in total. The molecule has 0 bridgehead atoms. The first-order chi connectivity index (χ1) is 8.52. The summed E-state index contributed by atoms with van der Waals surface area (Å²) in [6.07, 6.45) is 1.48. The molecular weight excluding hydrogens is 236 g/mol. The van der Waals surface area contributed by atoms with Crippen molar-refractivity contribution in [3.8, 4) is 17.2 Å². The highest BCUT2D eigenvalue weighted by atomic mass is 19.3. The van der Waals surface area contributed by atoms with Gasteiger partial charge in [0.1, 0.15) is 12.2 Å². The van der Waals surface area contributed by atoms with Crippen LogP contribution in [0.1, 0.15) is 12.6 Å². The van der Waals surface area contributed by atoms with E-state index in [-0.39, 0.29) is 12.2 Å². The van der Waals surface area contributed by atoms with Crippen LogP contribution in [0.15, 0.2) is 36.5 Å². The molecule has 3 nitrogen and oxygen atoms in total. The van der Waals surface area contributed by atoms with Crippen LogP contribution in [-0.4, -0.2) is 9.78 Å². The monoisotopic (exact) mass is 247 g/mol. The average molecular weight is 247 g/mol. The van der Waals surface area contributed by atoms with Crippen LogP contribution in [-0.2, 0) is 12.5 Å². The number of nitrogens with zero attached hydrogens (tertiary/aromatic N) is 3. The fourth-order valence-corrected chi connectivity index (χ4v) is 1.73. The van der Waals surface area contributed by atoms with Gasteiger partial charge in [-0.1, -0.05) is 30.3 Å². The molecule has 0 radical (unpaired) electrons. The molecular formula is C13H11F2N3. The Balaban J connectivity index is 2.56. The number of hydrogen-bond acceptors (Lipinski definition) is 2. The molecule has 1 aromatic carbocycles. The minimum absolute atomic E-state index is 0.0457. The van der Waals surface area contributed by atoms with Crippen LogP contribution in [0.2, 0.25) is 0 Å². The van der Waals surface area contributed by atoms with Crippen LogP contribution >= 0.6 is 0 Å². The highest BCUT2D eigenvalue weighted by Gasteiger charge is 2.31. The molecule has 0 fully saturated rings. The van der Waals surface area contributed by atoms with Gasteiger partial charge in [-0.2, -0.15) is 19.1 Å². The number of benzene rings is 1. The Morgan fingerprint density at radius 2 is 2.00 bits per heavy atom. The zero-order chi connectivity index (χ0) is 13.2. The summed E-state index contributed by atoms with van der Waals surface area (Å²) >= 11 is 0. The normalized spacial score (nSPS) is 11.2. The van der Waals surface area contributed by atoms with Gasteiger partial charge in [-0.3, -0.25) is 4.68 Å². The van der Waals surface area contributed by atoms with Crippen molar-refractivity contribution >= 4 is 0 Å². The molecule has 1 heterocycles. The molecule has 0 aliphatic heterocycles. The third kappa shape index (κ3) is 2.38. The van der Waals surface area contributed by atoms with Crippen LogP contribution in [0.25, 0.3) is 11.1 Å². The number of rotatable bonds is 3. The first-order valence-corrected chi connectivity index (χ1v) is 5.40. The summed E-state index contributed by atoms with van der Waals surface area (Å²) in [4.78, 5) is 0. The third-order valence-electron chi connectivity index (χ3n) is 2.49. The lowest BCUT2D eigenvalue weighted by molar-refractivity contribution is 0.0127. The Hall–Kier alpha value is -2.22. The van der Waals surface area contributed by atoms with Gasteiger partial charge in [0.05, 0.1) is 6.07 Å². The van der Waals surface area contributed by atoms with Crippen LogP contribution in [0.5, 0.6) is 0 Å². The number of nitriles is 1. The average Bonchev–Trinajstić information content (AvgIpc) is 2.75. The molecule has 0 saturated carbocycles. The third-order valence-corrected chi connectivity index (χ3v) is 2.49. The van der Waals surface area contributed by atoms with Gasteiger partial charge in [-0.05, 0) is 5.56 Å². The van der Waals surface area contributed by atoms with Gasteiger partial charge < -0.3 is 0 Å². The largest absolute Gasteiger partial charge is 0.289 e. The Morgan fingerprint density at radius 1 is 1.33 bits per heavy atom. The fraction of sp³-hybridized carbons (Fsp3) is 0.231. The van der Waals surface area contributed by atoms with E-state index in [0.29, 0.717) is 11.1 Å². The molecule has 5 heteroatoms. The maximum absolute atomic E-state index is 13.5. The Morgan fingerprint density at radius 3 is 2.56 bits per heavy atom. The lowest BCUT2D eigenvalue weighted by Gasteiger charge is -2.09. The SMILES string of the molecule is CC(F)(F)c1nn(CC#N)cc1-c1ccccc1. The van der Waals surface area contributed by atoms with Crippen molar-refractivity contribution < 1.29 is 8.78 Å². The van der Waals surface area contributed by atoms with E-state index < -0.39 is 5.92 Å². The van der Waals surface area contributed by atoms with E-state index in [0.717, 1.165) is 6.92 Å². The summed E-state index contributed by atoms with van der Waals surface area (Å²) in [6, 6.07) is 10.7. The first kappa shape index (κ1) is 12.2. The highest BCUT2D eigenvalue weighted by molar-refractivity contribution is 5.66. The fourth-order valence-electron chi connectivity index (χ4n) is 1.73. The van der Waals surface area contributed by atoms with Gasteiger partial charge >= 0.3 is 0 Å². The molecule has 92 valence electrons. The van der Waals surface area contributed by atoms with Crippen LogP contribution in [0.3, 0.4) is 0 Å². The van der Waals surface area contributed by atoms with Crippen molar-refractivity contribution in [1.82, 2.24) is 9.78 Å². The number of halogens is 2. The van der Waals surface area contributed by atoms with Crippen molar-refractivity contribution in [1.29, 1.82) is 5.26 Å². The molecule has 0 unspecified atom stereocenters. The van der Waals surface area contributed by atoms with Crippen molar-refractivity contribution in [2.75, 3.05) is 0 Å². The van der Waals surface area contributed by atoms with Gasteiger partial charge in [-0.25, -0.2) is 0 Å². The molecule has 0 aliphatic carbocycles. The maximum Gasteiger partial charge on any atom is 0.289 e. The number of alkyl halides is 2. The molecule has 0 amide bonds. The van der Waals surface area contributed by atoms with Gasteiger partial charge in [0.2, 0.25) is 0 Å². The topological polar surface area (TPSA) is 41.6 Å². The lowest BCUT2D eigenvalue weighted by Crippen LogP contribution is -2.10. The summed E-state index contributed by atoms with van der Waals surface area (Å²) in [5.41, 5.74) is 0.723. The lowest BCUT2D eigenvalue weighted by atomic mass is 10.0. The quantitative estimate of drug-likeness (QED) is 0.835. The smallest absolute Gasteiger partial charge is 0.257 e. The Kier molecular flexibility index (Phi) is 3.11. The zero-order valence-corrected chi connectivity index (χ0v) is 9.77. The van der Waals surface area contributed by atoms with Gasteiger partial charge in [0, 0.05) is 18.7 Å². The predicted octanol–water partition coefficient (Wildman–Crippen LogP) is 3.19. The van der Waals surface area contributed by atoms with Gasteiger partial charge in [0.25, 0.3) is 5.92 Å². The van der Waals surface area contributed by atoms with E-state index in [4.69, 9.17) is 5.26 Å².